The summed E-state index contributed by atoms with van der Waals surface area (Å²) in [6.45, 7) is 4.52. The van der Waals surface area contributed by atoms with Crippen LogP contribution in [0.15, 0.2) is 23.1 Å². The molecule has 112 valence electrons. The summed E-state index contributed by atoms with van der Waals surface area (Å²) in [6.07, 6.45) is 3.31. The van der Waals surface area contributed by atoms with E-state index in [0.29, 0.717) is 22.7 Å². The Morgan fingerprint density at radius 1 is 1.25 bits per heavy atom. The Balaban J connectivity index is 2.17. The van der Waals surface area contributed by atoms with Gasteiger partial charge in [-0.2, -0.15) is 0 Å². The van der Waals surface area contributed by atoms with E-state index in [4.69, 9.17) is 16.7 Å². The third-order valence-electron chi connectivity index (χ3n) is 4.22. The summed E-state index contributed by atoms with van der Waals surface area (Å²) < 4.78 is 22.8. The first-order valence-electron chi connectivity index (χ1n) is 6.86. The zero-order valence-corrected chi connectivity index (χ0v) is 13.3. The first-order chi connectivity index (χ1) is 9.27. The molecule has 3 atom stereocenters. The number of hydrogen-bond donors (Lipinski definition) is 2. The zero-order valence-electron chi connectivity index (χ0n) is 11.8. The number of nitrogens with two attached hydrogens (primary N) is 1. The molecule has 1 aromatic rings. The van der Waals surface area contributed by atoms with Crippen LogP contribution in [0.5, 0.6) is 0 Å². The maximum Gasteiger partial charge on any atom is 0.238 e. The number of benzene rings is 1. The van der Waals surface area contributed by atoms with Crippen LogP contribution in [-0.4, -0.2) is 14.5 Å². The third kappa shape index (κ3) is 3.65. The molecule has 20 heavy (non-hydrogen) atoms. The molecule has 2 rings (SSSR count). The monoisotopic (exact) mass is 316 g/mol. The first-order valence-corrected chi connectivity index (χ1v) is 8.78. The molecular weight excluding hydrogens is 296 g/mol. The van der Waals surface area contributed by atoms with Crippen LogP contribution in [0.2, 0.25) is 5.02 Å². The second-order valence-electron chi connectivity index (χ2n) is 5.80. The lowest BCUT2D eigenvalue weighted by atomic mass is 9.79. The molecule has 0 bridgehead atoms. The highest BCUT2D eigenvalue weighted by molar-refractivity contribution is 7.89. The maximum absolute atomic E-state index is 11.4. The van der Waals surface area contributed by atoms with E-state index in [-0.39, 0.29) is 4.90 Å². The average molecular weight is 317 g/mol. The Morgan fingerprint density at radius 3 is 2.55 bits per heavy atom. The van der Waals surface area contributed by atoms with Crippen molar-refractivity contribution < 1.29 is 8.42 Å². The van der Waals surface area contributed by atoms with Crippen LogP contribution in [-0.2, 0) is 10.0 Å². The van der Waals surface area contributed by atoms with Gasteiger partial charge in [-0.1, -0.05) is 25.4 Å². The fourth-order valence-electron chi connectivity index (χ4n) is 2.69. The largest absolute Gasteiger partial charge is 0.381 e. The Morgan fingerprint density at radius 2 is 1.95 bits per heavy atom. The van der Waals surface area contributed by atoms with Gasteiger partial charge < -0.3 is 5.32 Å². The van der Waals surface area contributed by atoms with E-state index >= 15 is 0 Å². The molecule has 3 N–H and O–H groups in total. The predicted octanol–water partition coefficient (Wildman–Crippen LogP) is 3.22. The normalized spacial score (nSPS) is 27.3. The number of sulfonamides is 1. The standard InChI is InChI=1S/C14H21ClN2O2S/c1-9-3-4-11(7-10(9)2)17-14-8-12(20(16,18)19)5-6-13(14)15/h5-6,8-11,17H,3-4,7H2,1-2H3,(H2,16,18,19). The number of halogens is 1. The van der Waals surface area contributed by atoms with Crippen molar-refractivity contribution in [2.45, 2.75) is 44.0 Å². The highest BCUT2D eigenvalue weighted by Gasteiger charge is 2.25. The molecule has 1 aliphatic rings. The molecule has 0 saturated heterocycles. The molecule has 0 heterocycles. The fourth-order valence-corrected chi connectivity index (χ4v) is 3.40. The summed E-state index contributed by atoms with van der Waals surface area (Å²) in [5, 5.41) is 9.03. The van der Waals surface area contributed by atoms with Crippen LogP contribution < -0.4 is 10.5 Å². The molecule has 1 fully saturated rings. The second kappa shape index (κ2) is 5.92. The SMILES string of the molecule is CC1CCC(Nc2cc(S(N)(=O)=O)ccc2Cl)CC1C. The van der Waals surface area contributed by atoms with E-state index in [9.17, 15) is 8.42 Å². The molecule has 1 saturated carbocycles. The van der Waals surface area contributed by atoms with Crippen molar-refractivity contribution in [2.75, 3.05) is 5.32 Å². The van der Waals surface area contributed by atoms with E-state index in [1.54, 1.807) is 6.07 Å². The van der Waals surface area contributed by atoms with E-state index in [1.807, 2.05) is 0 Å². The zero-order chi connectivity index (χ0) is 14.9. The van der Waals surface area contributed by atoms with Crippen molar-refractivity contribution in [1.29, 1.82) is 0 Å². The van der Waals surface area contributed by atoms with Crippen LogP contribution in [0, 0.1) is 11.8 Å². The predicted molar refractivity (Wildman–Crippen MR) is 82.4 cm³/mol. The van der Waals surface area contributed by atoms with E-state index in [2.05, 4.69) is 19.2 Å². The van der Waals surface area contributed by atoms with E-state index < -0.39 is 10.0 Å². The molecule has 3 unspecified atom stereocenters. The molecule has 0 amide bonds. The number of hydrogen-bond acceptors (Lipinski definition) is 3. The highest BCUT2D eigenvalue weighted by Crippen LogP contribution is 2.33. The number of anilines is 1. The number of nitrogens with one attached hydrogen (secondary N) is 1. The Labute approximate surface area is 125 Å². The molecule has 0 radical (unpaired) electrons. The average Bonchev–Trinajstić information content (AvgIpc) is 2.35. The minimum atomic E-state index is -3.70. The highest BCUT2D eigenvalue weighted by atomic mass is 35.5. The summed E-state index contributed by atoms with van der Waals surface area (Å²) >= 11 is 6.13. The topological polar surface area (TPSA) is 72.2 Å². The van der Waals surface area contributed by atoms with Crippen molar-refractivity contribution >= 4 is 27.3 Å². The van der Waals surface area contributed by atoms with Gasteiger partial charge in [0, 0.05) is 6.04 Å². The minimum absolute atomic E-state index is 0.0848. The fraction of sp³-hybridized carbons (Fsp3) is 0.571. The molecule has 0 spiro atoms. The first kappa shape index (κ1) is 15.6. The van der Waals surface area contributed by atoms with E-state index in [0.717, 1.165) is 18.8 Å². The summed E-state index contributed by atoms with van der Waals surface area (Å²) in [7, 11) is -3.70. The van der Waals surface area contributed by atoms with Crippen molar-refractivity contribution in [3.63, 3.8) is 0 Å². The van der Waals surface area contributed by atoms with Gasteiger partial charge in [-0.15, -0.1) is 0 Å². The van der Waals surface area contributed by atoms with Crippen LogP contribution in [0.1, 0.15) is 33.1 Å². The Kier molecular flexibility index (Phi) is 4.62. The van der Waals surface area contributed by atoms with Gasteiger partial charge in [0.15, 0.2) is 0 Å². The Bertz CT molecular complexity index is 589. The molecular formula is C14H21ClN2O2S. The minimum Gasteiger partial charge on any atom is -0.381 e. The van der Waals surface area contributed by atoms with Gasteiger partial charge >= 0.3 is 0 Å². The van der Waals surface area contributed by atoms with Gasteiger partial charge in [-0.3, -0.25) is 0 Å². The molecule has 6 heteroatoms. The van der Waals surface area contributed by atoms with Crippen LogP contribution in [0.25, 0.3) is 0 Å². The van der Waals surface area contributed by atoms with Crippen LogP contribution in [0.4, 0.5) is 5.69 Å². The molecule has 1 aromatic carbocycles. The van der Waals surface area contributed by atoms with Gasteiger partial charge in [0.25, 0.3) is 0 Å². The lowest BCUT2D eigenvalue weighted by molar-refractivity contribution is 0.261. The summed E-state index contributed by atoms with van der Waals surface area (Å²) in [6, 6.07) is 4.84. The van der Waals surface area contributed by atoms with Crippen LogP contribution in [0.3, 0.4) is 0 Å². The molecule has 4 nitrogen and oxygen atoms in total. The molecule has 0 aromatic heterocycles. The second-order valence-corrected chi connectivity index (χ2v) is 7.76. The lowest BCUT2D eigenvalue weighted by Crippen LogP contribution is -2.30. The van der Waals surface area contributed by atoms with Crippen LogP contribution >= 0.6 is 11.6 Å². The third-order valence-corrected chi connectivity index (χ3v) is 5.46. The van der Waals surface area contributed by atoms with Crippen molar-refractivity contribution in [3.8, 4) is 0 Å². The summed E-state index contributed by atoms with van der Waals surface area (Å²) in [4.78, 5) is 0.0848. The summed E-state index contributed by atoms with van der Waals surface area (Å²) in [5.41, 5.74) is 0.643. The Hall–Kier alpha value is -0.780. The summed E-state index contributed by atoms with van der Waals surface area (Å²) in [5.74, 6) is 1.39. The van der Waals surface area contributed by atoms with Gasteiger partial charge in [0.1, 0.15) is 0 Å². The van der Waals surface area contributed by atoms with Crippen molar-refractivity contribution in [1.82, 2.24) is 0 Å². The quantitative estimate of drug-likeness (QED) is 0.899. The lowest BCUT2D eigenvalue weighted by Gasteiger charge is -2.33. The van der Waals surface area contributed by atoms with Crippen molar-refractivity contribution in [3.05, 3.63) is 23.2 Å². The smallest absolute Gasteiger partial charge is 0.238 e. The maximum atomic E-state index is 11.4. The van der Waals surface area contributed by atoms with Crippen molar-refractivity contribution in [2.24, 2.45) is 17.0 Å². The molecule has 1 aliphatic carbocycles. The number of rotatable bonds is 3. The van der Waals surface area contributed by atoms with Gasteiger partial charge in [0.2, 0.25) is 10.0 Å². The van der Waals surface area contributed by atoms with Gasteiger partial charge in [0.05, 0.1) is 15.6 Å². The van der Waals surface area contributed by atoms with Gasteiger partial charge in [-0.25, -0.2) is 13.6 Å². The molecule has 0 aliphatic heterocycles. The van der Waals surface area contributed by atoms with E-state index in [1.165, 1.54) is 18.6 Å². The number of primary sulfonamides is 1. The van der Waals surface area contributed by atoms with Gasteiger partial charge in [-0.05, 0) is 49.3 Å².